The number of rotatable bonds is 6. The van der Waals surface area contributed by atoms with Crippen LogP contribution in [-0.4, -0.2) is 33.4 Å². The van der Waals surface area contributed by atoms with E-state index in [1.807, 2.05) is 6.07 Å². The molecule has 4 fully saturated rings. The van der Waals surface area contributed by atoms with Crippen LogP contribution in [0.2, 0.25) is 0 Å². The molecule has 0 radical (unpaired) electrons. The third-order valence-electron chi connectivity index (χ3n) is 7.34. The van der Waals surface area contributed by atoms with Gasteiger partial charge in [-0.25, -0.2) is 9.48 Å². The molecule has 184 valence electrons. The molecule has 4 aliphatic carbocycles. The van der Waals surface area contributed by atoms with Crippen molar-refractivity contribution in [2.45, 2.75) is 70.2 Å². The fraction of sp³-hybridized carbons (Fsp3) is 0.652. The van der Waals surface area contributed by atoms with Gasteiger partial charge in [0.25, 0.3) is 5.91 Å². The van der Waals surface area contributed by atoms with Crippen molar-refractivity contribution in [3.05, 3.63) is 23.5 Å². The molecule has 0 aromatic carbocycles. The van der Waals surface area contributed by atoms with Crippen LogP contribution in [0.4, 0.5) is 18.0 Å². The van der Waals surface area contributed by atoms with Crippen molar-refractivity contribution >= 4 is 18.2 Å². The van der Waals surface area contributed by atoms with Gasteiger partial charge in [-0.2, -0.15) is 23.5 Å². The minimum Gasteiger partial charge on any atom is -0.443 e. The van der Waals surface area contributed by atoms with E-state index in [0.29, 0.717) is 23.4 Å². The first kappa shape index (κ1) is 24.1. The van der Waals surface area contributed by atoms with Crippen LogP contribution < -0.4 is 11.1 Å². The van der Waals surface area contributed by atoms with Gasteiger partial charge in [0.2, 0.25) is 0 Å². The second-order valence-corrected chi connectivity index (χ2v) is 10.6. The van der Waals surface area contributed by atoms with Gasteiger partial charge in [0, 0.05) is 18.7 Å². The van der Waals surface area contributed by atoms with Crippen molar-refractivity contribution in [2.24, 2.45) is 28.9 Å². The normalized spacial score (nSPS) is 30.4. The number of ether oxygens (including phenoxy) is 1. The number of allylic oxidation sites excluding steroid dienone is 1. The number of nitrogens with two attached hydrogens (primary N) is 1. The molecule has 8 nitrogen and oxygen atoms in total. The van der Waals surface area contributed by atoms with Crippen LogP contribution in [-0.2, 0) is 10.9 Å². The molecular formula is C23H28F3N5O3. The van der Waals surface area contributed by atoms with Crippen LogP contribution in [0, 0.1) is 34.5 Å². The Labute approximate surface area is 195 Å². The highest BCUT2D eigenvalue weighted by Gasteiger charge is 2.57. The summed E-state index contributed by atoms with van der Waals surface area (Å²) in [5, 5.41) is 15.5. The van der Waals surface area contributed by atoms with Crippen molar-refractivity contribution in [1.29, 1.82) is 5.26 Å². The van der Waals surface area contributed by atoms with Gasteiger partial charge in [0.15, 0.2) is 5.69 Å². The summed E-state index contributed by atoms with van der Waals surface area (Å²) in [6.07, 6.45) is 1.49. The van der Waals surface area contributed by atoms with Crippen molar-refractivity contribution in [3.8, 4) is 6.07 Å². The highest BCUT2D eigenvalue weighted by atomic mass is 19.4. The molecule has 34 heavy (non-hydrogen) atoms. The van der Waals surface area contributed by atoms with E-state index >= 15 is 0 Å². The van der Waals surface area contributed by atoms with E-state index in [2.05, 4.69) is 10.4 Å². The second kappa shape index (κ2) is 8.32. The Morgan fingerprint density at radius 1 is 1.32 bits per heavy atom. The zero-order valence-electron chi connectivity index (χ0n) is 19.1. The van der Waals surface area contributed by atoms with Gasteiger partial charge in [-0.15, -0.1) is 0 Å². The van der Waals surface area contributed by atoms with E-state index in [4.69, 9.17) is 15.7 Å². The molecule has 2 unspecified atom stereocenters. The van der Waals surface area contributed by atoms with Crippen LogP contribution >= 0.6 is 0 Å². The molecule has 4 saturated carbocycles. The number of amides is 2. The SMILES string of the molecule is CC(C)(/C=C/n1ncc(C(=O)N[C@H]2C3CC4CC2C[C@](OC(N)=O)(C4)C3)c1C(F)(F)F)CC#N. The molecule has 3 N–H and O–H groups in total. The minimum atomic E-state index is -4.81. The maximum Gasteiger partial charge on any atom is 0.434 e. The summed E-state index contributed by atoms with van der Waals surface area (Å²) in [6, 6.07) is 1.69. The lowest BCUT2D eigenvalue weighted by Gasteiger charge is -2.58. The third kappa shape index (κ3) is 4.63. The van der Waals surface area contributed by atoms with Gasteiger partial charge in [-0.3, -0.25) is 4.79 Å². The molecule has 4 aliphatic rings. The molecule has 1 aromatic rings. The van der Waals surface area contributed by atoms with Crippen LogP contribution in [0.5, 0.6) is 0 Å². The molecule has 4 bridgehead atoms. The van der Waals surface area contributed by atoms with Gasteiger partial charge in [0.1, 0.15) is 5.60 Å². The Hall–Kier alpha value is -3.03. The number of nitrogens with zero attached hydrogens (tertiary/aromatic N) is 3. The van der Waals surface area contributed by atoms with Gasteiger partial charge in [-0.1, -0.05) is 19.9 Å². The number of carbonyl (C=O) groups is 2. The first-order chi connectivity index (χ1) is 15.8. The molecule has 1 heterocycles. The Balaban J connectivity index is 1.55. The Bertz CT molecular complexity index is 1040. The van der Waals surface area contributed by atoms with Crippen molar-refractivity contribution < 1.29 is 27.5 Å². The lowest BCUT2D eigenvalue weighted by atomic mass is 9.52. The van der Waals surface area contributed by atoms with Gasteiger partial charge >= 0.3 is 12.3 Å². The zero-order valence-corrected chi connectivity index (χ0v) is 19.1. The van der Waals surface area contributed by atoms with E-state index in [1.165, 1.54) is 6.08 Å². The lowest BCUT2D eigenvalue weighted by Crippen LogP contribution is -2.63. The number of aromatic nitrogens is 2. The molecule has 1 aromatic heterocycles. The number of nitrogens with one attached hydrogen (secondary N) is 1. The highest BCUT2D eigenvalue weighted by molar-refractivity contribution is 5.95. The van der Waals surface area contributed by atoms with Gasteiger partial charge in [-0.05, 0) is 55.3 Å². The first-order valence-electron chi connectivity index (χ1n) is 11.3. The summed E-state index contributed by atoms with van der Waals surface area (Å²) in [7, 11) is 0. The summed E-state index contributed by atoms with van der Waals surface area (Å²) in [5.41, 5.74) is 2.27. The highest BCUT2D eigenvalue weighted by Crippen LogP contribution is 2.57. The third-order valence-corrected chi connectivity index (χ3v) is 7.34. The molecule has 0 spiro atoms. The molecule has 2 amide bonds. The molecule has 11 heteroatoms. The fourth-order valence-electron chi connectivity index (χ4n) is 6.21. The Morgan fingerprint density at radius 2 is 1.97 bits per heavy atom. The quantitative estimate of drug-likeness (QED) is 0.636. The molecule has 0 saturated heterocycles. The van der Waals surface area contributed by atoms with E-state index in [0.717, 1.165) is 31.7 Å². The largest absolute Gasteiger partial charge is 0.443 e. The van der Waals surface area contributed by atoms with Crippen molar-refractivity contribution in [3.63, 3.8) is 0 Å². The summed E-state index contributed by atoms with van der Waals surface area (Å²) in [6.45, 7) is 3.44. The number of alkyl halides is 3. The average Bonchev–Trinajstić information content (AvgIpc) is 3.12. The number of hydrogen-bond donors (Lipinski definition) is 2. The van der Waals surface area contributed by atoms with Crippen molar-refractivity contribution in [2.75, 3.05) is 0 Å². The van der Waals surface area contributed by atoms with E-state index in [9.17, 15) is 22.8 Å². The molecular weight excluding hydrogens is 451 g/mol. The molecule has 5 rings (SSSR count). The summed E-state index contributed by atoms with van der Waals surface area (Å²) >= 11 is 0. The topological polar surface area (TPSA) is 123 Å². The Kier molecular flexibility index (Phi) is 5.90. The number of halogens is 3. The van der Waals surface area contributed by atoms with Gasteiger partial charge in [0.05, 0.1) is 17.8 Å². The van der Waals surface area contributed by atoms with E-state index < -0.39 is 40.5 Å². The summed E-state index contributed by atoms with van der Waals surface area (Å²) < 4.78 is 47.9. The molecule has 0 aliphatic heterocycles. The number of nitriles is 1. The lowest BCUT2D eigenvalue weighted by molar-refractivity contribution is -0.143. The van der Waals surface area contributed by atoms with E-state index in [1.54, 1.807) is 13.8 Å². The second-order valence-electron chi connectivity index (χ2n) is 10.6. The maximum atomic E-state index is 13.9. The molecule has 2 atom stereocenters. The van der Waals surface area contributed by atoms with Gasteiger partial charge < -0.3 is 15.8 Å². The van der Waals surface area contributed by atoms with Crippen LogP contribution in [0.25, 0.3) is 6.20 Å². The predicted octanol–water partition coefficient (Wildman–Crippen LogP) is 4.08. The first-order valence-corrected chi connectivity index (χ1v) is 11.3. The zero-order chi connectivity index (χ0) is 24.9. The number of carbonyl (C=O) groups excluding carboxylic acids is 2. The average molecular weight is 480 g/mol. The maximum absolute atomic E-state index is 13.9. The van der Waals surface area contributed by atoms with Crippen LogP contribution in [0.1, 0.15) is 68.4 Å². The minimum absolute atomic E-state index is 0.00519. The fourth-order valence-corrected chi connectivity index (χ4v) is 6.21. The standard InChI is InChI=1S/C23H28F3N5O3/c1-21(2,3-5-27)4-6-31-18(23(24,25)26)16(12-29-31)19(32)30-17-14-7-13-8-15(17)11-22(9-13,10-14)34-20(28)33/h4,6,12-15,17H,3,7-11H2,1-2H3,(H2,28,33)(H,30,32)/b6-4+/t13?,14?,15?,17-,22-. The summed E-state index contributed by atoms with van der Waals surface area (Å²) in [4.78, 5) is 24.4. The number of primary amides is 1. The van der Waals surface area contributed by atoms with Crippen LogP contribution in [0.15, 0.2) is 12.3 Å². The Morgan fingerprint density at radius 3 is 2.53 bits per heavy atom. The summed E-state index contributed by atoms with van der Waals surface area (Å²) in [5.74, 6) is -0.470. The number of hydrogen-bond acceptors (Lipinski definition) is 5. The van der Waals surface area contributed by atoms with Crippen molar-refractivity contribution in [1.82, 2.24) is 15.1 Å². The monoisotopic (exact) mass is 479 g/mol. The van der Waals surface area contributed by atoms with E-state index in [-0.39, 0.29) is 24.3 Å². The predicted molar refractivity (Wildman–Crippen MR) is 115 cm³/mol. The smallest absolute Gasteiger partial charge is 0.434 e. The van der Waals surface area contributed by atoms with Crippen LogP contribution in [0.3, 0.4) is 0 Å².